The smallest absolute Gasteiger partial charge is 0.248 e. The number of hydrogen-bond acceptors (Lipinski definition) is 1. The highest BCUT2D eigenvalue weighted by Gasteiger charge is 2.14. The Hall–Kier alpha value is -1.90. The number of H-pyrrole nitrogens is 1. The lowest BCUT2D eigenvalue weighted by Crippen LogP contribution is -2.11. The van der Waals surface area contributed by atoms with E-state index in [1.807, 2.05) is 0 Å². The summed E-state index contributed by atoms with van der Waals surface area (Å²) in [5.74, 6) is -0.250. The molecule has 0 spiro atoms. The van der Waals surface area contributed by atoms with Crippen molar-refractivity contribution in [2.75, 3.05) is 0 Å². The zero-order valence-electron chi connectivity index (χ0n) is 10.7. The van der Waals surface area contributed by atoms with Gasteiger partial charge in [0.05, 0.1) is 0 Å². The molecular weight excluding hydrogens is 241 g/mol. The lowest BCUT2D eigenvalue weighted by atomic mass is 9.96. The number of aryl methyl sites for hydroxylation is 1. The van der Waals surface area contributed by atoms with E-state index < -0.39 is 0 Å². The van der Waals surface area contributed by atoms with Crippen molar-refractivity contribution in [1.82, 2.24) is 4.98 Å². The molecule has 19 heavy (non-hydrogen) atoms. The topological polar surface area (TPSA) is 32.9 Å². The summed E-state index contributed by atoms with van der Waals surface area (Å²) in [4.78, 5) is 14.7. The van der Waals surface area contributed by atoms with Crippen LogP contribution in [-0.4, -0.2) is 4.98 Å². The van der Waals surface area contributed by atoms with Gasteiger partial charge in [-0.1, -0.05) is 18.6 Å². The molecule has 1 aliphatic rings. The van der Waals surface area contributed by atoms with Gasteiger partial charge in [0.25, 0.3) is 0 Å². The minimum Gasteiger partial charge on any atom is -0.326 e. The molecule has 1 heterocycles. The first-order valence-corrected chi connectivity index (χ1v) is 6.75. The van der Waals surface area contributed by atoms with Crippen molar-refractivity contribution in [2.24, 2.45) is 0 Å². The van der Waals surface area contributed by atoms with E-state index in [1.165, 1.54) is 24.1 Å². The third-order valence-corrected chi connectivity index (χ3v) is 3.75. The lowest BCUT2D eigenvalue weighted by molar-refractivity contribution is 0.628. The number of hydrogen-bond donors (Lipinski definition) is 1. The molecule has 1 N–H and O–H groups in total. The lowest BCUT2D eigenvalue weighted by Gasteiger charge is -2.12. The van der Waals surface area contributed by atoms with Crippen molar-refractivity contribution < 1.29 is 4.39 Å². The van der Waals surface area contributed by atoms with E-state index in [-0.39, 0.29) is 11.4 Å². The molecule has 0 amide bonds. The highest BCUT2D eigenvalue weighted by atomic mass is 19.1. The van der Waals surface area contributed by atoms with Crippen LogP contribution in [0.2, 0.25) is 0 Å². The summed E-state index contributed by atoms with van der Waals surface area (Å²) in [7, 11) is 0. The van der Waals surface area contributed by atoms with E-state index >= 15 is 0 Å². The number of aromatic nitrogens is 1. The summed E-state index contributed by atoms with van der Waals surface area (Å²) in [6.07, 6.45) is 5.38. The molecule has 98 valence electrons. The number of aromatic amines is 1. The number of halogens is 1. The van der Waals surface area contributed by atoms with Gasteiger partial charge < -0.3 is 4.98 Å². The van der Waals surface area contributed by atoms with Crippen molar-refractivity contribution in [2.45, 2.75) is 32.1 Å². The van der Waals surface area contributed by atoms with E-state index in [4.69, 9.17) is 0 Å². The van der Waals surface area contributed by atoms with Gasteiger partial charge in [-0.2, -0.15) is 0 Å². The van der Waals surface area contributed by atoms with Crippen LogP contribution < -0.4 is 5.56 Å². The van der Waals surface area contributed by atoms with Crippen LogP contribution in [0.5, 0.6) is 0 Å². The molecule has 0 bridgehead atoms. The fourth-order valence-electron chi connectivity index (χ4n) is 2.81. The number of fused-ring (bicyclic) bond motifs is 1. The Morgan fingerprint density at radius 1 is 1.00 bits per heavy atom. The van der Waals surface area contributed by atoms with Gasteiger partial charge in [0.2, 0.25) is 5.56 Å². The normalized spacial score (nSPS) is 14.8. The molecule has 0 saturated carbocycles. The second-order valence-electron chi connectivity index (χ2n) is 5.07. The van der Waals surface area contributed by atoms with Gasteiger partial charge in [0.15, 0.2) is 0 Å². The zero-order chi connectivity index (χ0) is 13.2. The summed E-state index contributed by atoms with van der Waals surface area (Å²) < 4.78 is 13.0. The Bertz CT molecular complexity index is 643. The molecule has 3 rings (SSSR count). The monoisotopic (exact) mass is 257 g/mol. The maximum Gasteiger partial charge on any atom is 0.248 e. The van der Waals surface area contributed by atoms with E-state index in [1.54, 1.807) is 18.2 Å². The highest BCUT2D eigenvalue weighted by Crippen LogP contribution is 2.28. The quantitative estimate of drug-likeness (QED) is 0.780. The first-order valence-electron chi connectivity index (χ1n) is 6.75. The van der Waals surface area contributed by atoms with Gasteiger partial charge in [-0.25, -0.2) is 4.39 Å². The maximum atomic E-state index is 13.0. The second-order valence-corrected chi connectivity index (χ2v) is 5.07. The molecule has 0 radical (unpaired) electrons. The van der Waals surface area contributed by atoms with E-state index in [9.17, 15) is 9.18 Å². The van der Waals surface area contributed by atoms with E-state index in [0.717, 1.165) is 42.5 Å². The first kappa shape index (κ1) is 12.2. The third kappa shape index (κ3) is 2.46. The van der Waals surface area contributed by atoms with Gasteiger partial charge in [0.1, 0.15) is 5.82 Å². The Morgan fingerprint density at radius 2 is 1.74 bits per heavy atom. The molecule has 0 aliphatic heterocycles. The minimum atomic E-state index is -0.250. The van der Waals surface area contributed by atoms with Crippen LogP contribution in [0.3, 0.4) is 0 Å². The summed E-state index contributed by atoms with van der Waals surface area (Å²) in [6.45, 7) is 0. The number of rotatable bonds is 1. The Labute approximate surface area is 111 Å². The Balaban J connectivity index is 2.17. The van der Waals surface area contributed by atoms with Gasteiger partial charge in [-0.3, -0.25) is 4.79 Å². The number of pyridine rings is 1. The molecule has 1 aromatic heterocycles. The first-order chi connectivity index (χ1) is 9.24. The Morgan fingerprint density at radius 3 is 2.53 bits per heavy atom. The second kappa shape index (κ2) is 5.00. The van der Waals surface area contributed by atoms with Crippen LogP contribution in [-0.2, 0) is 12.8 Å². The minimum absolute atomic E-state index is 0.0695. The summed E-state index contributed by atoms with van der Waals surface area (Å²) in [5.41, 5.74) is 4.10. The summed E-state index contributed by atoms with van der Waals surface area (Å²) in [6, 6.07) is 8.02. The van der Waals surface area contributed by atoms with Crippen LogP contribution in [0.1, 0.15) is 30.5 Å². The summed E-state index contributed by atoms with van der Waals surface area (Å²) >= 11 is 0. The van der Waals surface area contributed by atoms with Crippen LogP contribution in [0.25, 0.3) is 11.1 Å². The predicted molar refractivity (Wildman–Crippen MR) is 73.7 cm³/mol. The van der Waals surface area contributed by atoms with Gasteiger partial charge >= 0.3 is 0 Å². The van der Waals surface area contributed by atoms with Crippen LogP contribution >= 0.6 is 0 Å². The standard InChI is InChI=1S/C16H16FNO/c17-12-8-6-11(7-9-12)14-10-16(19)18-15-5-3-1-2-4-13(14)15/h6-10H,1-5H2,(H,18,19). The fraction of sp³-hybridized carbons (Fsp3) is 0.312. The maximum absolute atomic E-state index is 13.0. The van der Waals surface area contributed by atoms with Crippen LogP contribution in [0.4, 0.5) is 4.39 Å². The number of nitrogens with one attached hydrogen (secondary N) is 1. The highest BCUT2D eigenvalue weighted by molar-refractivity contribution is 5.68. The summed E-state index contributed by atoms with van der Waals surface area (Å²) in [5, 5.41) is 0. The molecule has 2 aromatic rings. The van der Waals surface area contributed by atoms with Gasteiger partial charge in [0, 0.05) is 11.8 Å². The fourth-order valence-corrected chi connectivity index (χ4v) is 2.81. The van der Waals surface area contributed by atoms with Gasteiger partial charge in [-0.15, -0.1) is 0 Å². The van der Waals surface area contributed by atoms with Crippen molar-refractivity contribution in [3.63, 3.8) is 0 Å². The SMILES string of the molecule is O=c1cc(-c2ccc(F)cc2)c2c([nH]1)CCCCC2. The van der Waals surface area contributed by atoms with Crippen LogP contribution in [0, 0.1) is 5.82 Å². The predicted octanol–water partition coefficient (Wildman–Crippen LogP) is 3.45. The average Bonchev–Trinajstić information content (AvgIpc) is 2.64. The number of benzene rings is 1. The van der Waals surface area contributed by atoms with Crippen molar-refractivity contribution in [3.05, 3.63) is 57.8 Å². The van der Waals surface area contributed by atoms with Crippen molar-refractivity contribution in [1.29, 1.82) is 0 Å². The molecule has 0 unspecified atom stereocenters. The molecule has 0 atom stereocenters. The van der Waals surface area contributed by atoms with Crippen LogP contribution in [0.15, 0.2) is 35.1 Å². The largest absolute Gasteiger partial charge is 0.326 e. The third-order valence-electron chi connectivity index (χ3n) is 3.75. The molecule has 0 saturated heterocycles. The molecule has 0 fully saturated rings. The van der Waals surface area contributed by atoms with E-state index in [0.29, 0.717) is 0 Å². The van der Waals surface area contributed by atoms with Crippen molar-refractivity contribution >= 4 is 0 Å². The molecule has 1 aromatic carbocycles. The molecule has 2 nitrogen and oxygen atoms in total. The van der Waals surface area contributed by atoms with Crippen molar-refractivity contribution in [3.8, 4) is 11.1 Å². The molecule has 3 heteroatoms. The molecular formula is C16H16FNO. The average molecular weight is 257 g/mol. The zero-order valence-corrected chi connectivity index (χ0v) is 10.7. The van der Waals surface area contributed by atoms with E-state index in [2.05, 4.69) is 4.98 Å². The molecule has 1 aliphatic carbocycles. The van der Waals surface area contributed by atoms with Gasteiger partial charge in [-0.05, 0) is 54.5 Å². The Kier molecular flexibility index (Phi) is 3.20.